The maximum atomic E-state index is 12.1. The molecule has 0 heterocycles. The van der Waals surface area contributed by atoms with E-state index >= 15 is 0 Å². The summed E-state index contributed by atoms with van der Waals surface area (Å²) < 4.78 is 40.0. The quantitative estimate of drug-likeness (QED) is 0.788. The van der Waals surface area contributed by atoms with Crippen molar-refractivity contribution in [3.05, 3.63) is 29.8 Å². The molecule has 1 rings (SSSR count). The standard InChI is InChI=1S/C14H20F3NOS/c1-3-18-12(8-9-20-2)10-11-4-6-13(7-5-11)19-14(15,16)17/h4-7,12,18H,3,8-10H2,1-2H3. The largest absolute Gasteiger partial charge is 0.573 e. The highest BCUT2D eigenvalue weighted by Crippen LogP contribution is 2.23. The summed E-state index contributed by atoms with van der Waals surface area (Å²) in [7, 11) is 0. The maximum absolute atomic E-state index is 12.1. The average molecular weight is 307 g/mol. The summed E-state index contributed by atoms with van der Waals surface area (Å²) in [4.78, 5) is 0. The van der Waals surface area contributed by atoms with Gasteiger partial charge in [-0.05, 0) is 49.1 Å². The lowest BCUT2D eigenvalue weighted by Gasteiger charge is -2.17. The molecule has 6 heteroatoms. The van der Waals surface area contributed by atoms with Crippen molar-refractivity contribution in [2.75, 3.05) is 18.6 Å². The molecule has 1 unspecified atom stereocenters. The van der Waals surface area contributed by atoms with E-state index < -0.39 is 6.36 Å². The SMILES string of the molecule is CCNC(CCSC)Cc1ccc(OC(F)(F)F)cc1. The van der Waals surface area contributed by atoms with Crippen molar-refractivity contribution in [3.63, 3.8) is 0 Å². The van der Waals surface area contributed by atoms with Gasteiger partial charge in [0.1, 0.15) is 5.75 Å². The Hall–Kier alpha value is -0.880. The summed E-state index contributed by atoms with van der Waals surface area (Å²) >= 11 is 1.79. The molecule has 0 saturated carbocycles. The fourth-order valence-corrected chi connectivity index (χ4v) is 2.46. The molecule has 0 bridgehead atoms. The van der Waals surface area contributed by atoms with Gasteiger partial charge < -0.3 is 10.1 Å². The Balaban J connectivity index is 2.58. The molecular weight excluding hydrogens is 287 g/mol. The Morgan fingerprint density at radius 1 is 1.25 bits per heavy atom. The molecule has 0 saturated heterocycles. The van der Waals surface area contributed by atoms with Crippen LogP contribution in [0.3, 0.4) is 0 Å². The molecule has 0 amide bonds. The zero-order chi connectivity index (χ0) is 15.0. The van der Waals surface area contributed by atoms with E-state index in [0.717, 1.165) is 30.7 Å². The van der Waals surface area contributed by atoms with Crippen LogP contribution in [-0.4, -0.2) is 31.0 Å². The minimum Gasteiger partial charge on any atom is -0.406 e. The Bertz CT molecular complexity index is 381. The number of halogens is 3. The lowest BCUT2D eigenvalue weighted by atomic mass is 10.0. The Morgan fingerprint density at radius 2 is 1.90 bits per heavy atom. The van der Waals surface area contributed by atoms with Gasteiger partial charge in [0.2, 0.25) is 0 Å². The minimum absolute atomic E-state index is 0.176. The van der Waals surface area contributed by atoms with E-state index in [0.29, 0.717) is 6.04 Å². The van der Waals surface area contributed by atoms with Gasteiger partial charge in [0.25, 0.3) is 0 Å². The van der Waals surface area contributed by atoms with Crippen LogP contribution >= 0.6 is 11.8 Å². The van der Waals surface area contributed by atoms with Gasteiger partial charge in [-0.3, -0.25) is 0 Å². The number of benzene rings is 1. The first-order valence-electron chi connectivity index (χ1n) is 6.51. The van der Waals surface area contributed by atoms with Gasteiger partial charge in [-0.25, -0.2) is 0 Å². The number of alkyl halides is 3. The number of likely N-dealkylation sites (N-methyl/N-ethyl adjacent to an activating group) is 1. The van der Waals surface area contributed by atoms with Gasteiger partial charge >= 0.3 is 6.36 Å². The van der Waals surface area contributed by atoms with Crippen LogP contribution in [0.5, 0.6) is 5.75 Å². The molecule has 0 aliphatic rings. The second kappa shape index (κ2) is 8.42. The predicted octanol–water partition coefficient (Wildman–Crippen LogP) is 3.86. The maximum Gasteiger partial charge on any atom is 0.573 e. The predicted molar refractivity (Wildman–Crippen MR) is 77.3 cm³/mol. The van der Waals surface area contributed by atoms with Crippen LogP contribution in [0, 0.1) is 0 Å². The van der Waals surface area contributed by atoms with Gasteiger partial charge in [0.15, 0.2) is 0 Å². The Labute approximate surface area is 122 Å². The first kappa shape index (κ1) is 17.2. The molecule has 2 nitrogen and oxygen atoms in total. The first-order valence-corrected chi connectivity index (χ1v) is 7.91. The lowest BCUT2D eigenvalue weighted by molar-refractivity contribution is -0.274. The molecule has 0 aliphatic carbocycles. The number of rotatable bonds is 8. The highest BCUT2D eigenvalue weighted by atomic mass is 32.2. The van der Waals surface area contributed by atoms with Gasteiger partial charge in [-0.2, -0.15) is 11.8 Å². The van der Waals surface area contributed by atoms with Crippen LogP contribution < -0.4 is 10.1 Å². The molecule has 20 heavy (non-hydrogen) atoms. The van der Waals surface area contributed by atoms with E-state index in [1.807, 2.05) is 6.92 Å². The minimum atomic E-state index is -4.63. The van der Waals surface area contributed by atoms with E-state index in [2.05, 4.69) is 16.3 Å². The topological polar surface area (TPSA) is 21.3 Å². The molecule has 1 aromatic carbocycles. The van der Waals surface area contributed by atoms with Gasteiger partial charge in [-0.15, -0.1) is 13.2 Å². The third-order valence-electron chi connectivity index (χ3n) is 2.80. The zero-order valence-electron chi connectivity index (χ0n) is 11.7. The molecule has 1 atom stereocenters. The first-order chi connectivity index (χ1) is 9.44. The van der Waals surface area contributed by atoms with Crippen molar-refractivity contribution in [1.82, 2.24) is 5.32 Å². The number of nitrogens with one attached hydrogen (secondary N) is 1. The van der Waals surface area contributed by atoms with Gasteiger partial charge in [0.05, 0.1) is 0 Å². The summed E-state index contributed by atoms with van der Waals surface area (Å²) in [5, 5.41) is 3.39. The van der Waals surface area contributed by atoms with Crippen LogP contribution in [0.25, 0.3) is 0 Å². The fourth-order valence-electron chi connectivity index (χ4n) is 1.94. The molecule has 0 spiro atoms. The third kappa shape index (κ3) is 7.05. The van der Waals surface area contributed by atoms with E-state index in [-0.39, 0.29) is 5.75 Å². The molecule has 0 aromatic heterocycles. The number of thioether (sulfide) groups is 1. The van der Waals surface area contributed by atoms with Crippen molar-refractivity contribution in [3.8, 4) is 5.75 Å². The Morgan fingerprint density at radius 3 is 2.40 bits per heavy atom. The van der Waals surface area contributed by atoms with Crippen molar-refractivity contribution in [2.45, 2.75) is 32.2 Å². The van der Waals surface area contributed by atoms with Crippen molar-refractivity contribution in [2.24, 2.45) is 0 Å². The molecule has 0 fully saturated rings. The Kier molecular flexibility index (Phi) is 7.23. The zero-order valence-corrected chi connectivity index (χ0v) is 12.5. The summed E-state index contributed by atoms with van der Waals surface area (Å²) in [5.41, 5.74) is 1.01. The highest BCUT2D eigenvalue weighted by molar-refractivity contribution is 7.98. The summed E-state index contributed by atoms with van der Waals surface area (Å²) in [5.74, 6) is 0.887. The van der Waals surface area contributed by atoms with Crippen LogP contribution in [0.1, 0.15) is 18.9 Å². The average Bonchev–Trinajstić information content (AvgIpc) is 2.37. The van der Waals surface area contributed by atoms with E-state index in [1.54, 1.807) is 23.9 Å². The van der Waals surface area contributed by atoms with Crippen molar-refractivity contribution in [1.29, 1.82) is 0 Å². The molecule has 1 N–H and O–H groups in total. The molecule has 1 aromatic rings. The van der Waals surface area contributed by atoms with Gasteiger partial charge in [-0.1, -0.05) is 19.1 Å². The van der Waals surface area contributed by atoms with E-state index in [4.69, 9.17) is 0 Å². The van der Waals surface area contributed by atoms with Crippen molar-refractivity contribution < 1.29 is 17.9 Å². The molecule has 0 radical (unpaired) electrons. The molecule has 0 aliphatic heterocycles. The number of hydrogen-bond donors (Lipinski definition) is 1. The monoisotopic (exact) mass is 307 g/mol. The number of ether oxygens (including phenoxy) is 1. The normalized spacial score (nSPS) is 13.2. The second-order valence-electron chi connectivity index (χ2n) is 4.43. The summed E-state index contributed by atoms with van der Waals surface area (Å²) in [6.45, 7) is 2.93. The van der Waals surface area contributed by atoms with E-state index in [1.165, 1.54) is 12.1 Å². The summed E-state index contributed by atoms with van der Waals surface area (Å²) in [6, 6.07) is 6.44. The third-order valence-corrected chi connectivity index (χ3v) is 3.45. The van der Waals surface area contributed by atoms with Crippen LogP contribution in [0.2, 0.25) is 0 Å². The van der Waals surface area contributed by atoms with Crippen LogP contribution in [0.15, 0.2) is 24.3 Å². The summed E-state index contributed by atoms with van der Waals surface area (Å²) in [6.07, 6.45) is -0.727. The smallest absolute Gasteiger partial charge is 0.406 e. The second-order valence-corrected chi connectivity index (χ2v) is 5.42. The lowest BCUT2D eigenvalue weighted by Crippen LogP contribution is -2.31. The highest BCUT2D eigenvalue weighted by Gasteiger charge is 2.30. The van der Waals surface area contributed by atoms with Crippen molar-refractivity contribution >= 4 is 11.8 Å². The van der Waals surface area contributed by atoms with Crippen LogP contribution in [-0.2, 0) is 6.42 Å². The van der Waals surface area contributed by atoms with Gasteiger partial charge in [0, 0.05) is 6.04 Å². The van der Waals surface area contributed by atoms with Crippen LogP contribution in [0.4, 0.5) is 13.2 Å². The molecular formula is C14H20F3NOS. The molecule has 114 valence electrons. The van der Waals surface area contributed by atoms with E-state index in [9.17, 15) is 13.2 Å². The fraction of sp³-hybridized carbons (Fsp3) is 0.571. The number of hydrogen-bond acceptors (Lipinski definition) is 3.